The molecule has 0 radical (unpaired) electrons. The van der Waals surface area contributed by atoms with E-state index in [0.717, 1.165) is 5.69 Å². The summed E-state index contributed by atoms with van der Waals surface area (Å²) in [5.74, 6) is 1.08. The molecule has 0 spiro atoms. The highest BCUT2D eigenvalue weighted by Gasteiger charge is 2.32. The van der Waals surface area contributed by atoms with Gasteiger partial charge in [0.1, 0.15) is 6.07 Å². The number of nitriles is 1. The second-order valence-electron chi connectivity index (χ2n) is 6.94. The van der Waals surface area contributed by atoms with Crippen LogP contribution in [0.4, 0.5) is 16.3 Å². The van der Waals surface area contributed by atoms with Crippen LogP contribution in [0.25, 0.3) is 0 Å². The number of rotatable bonds is 4. The van der Waals surface area contributed by atoms with E-state index in [9.17, 15) is 4.79 Å². The molecule has 1 aliphatic heterocycles. The largest absolute Gasteiger partial charge is 0.351 e. The van der Waals surface area contributed by atoms with E-state index < -0.39 is 0 Å². The first-order valence-corrected chi connectivity index (χ1v) is 8.88. The third kappa shape index (κ3) is 4.51. The lowest BCUT2D eigenvalue weighted by Gasteiger charge is -2.18. The van der Waals surface area contributed by atoms with Gasteiger partial charge >= 0.3 is 6.03 Å². The molecule has 2 atom stereocenters. The molecule has 3 rings (SSSR count). The lowest BCUT2D eigenvalue weighted by molar-refractivity contribution is 0.248. The van der Waals surface area contributed by atoms with Crippen molar-refractivity contribution in [2.45, 2.75) is 31.8 Å². The quantitative estimate of drug-likeness (QED) is 0.760. The van der Waals surface area contributed by atoms with Crippen LogP contribution in [0.2, 0.25) is 0 Å². The summed E-state index contributed by atoms with van der Waals surface area (Å²) in [4.78, 5) is 14.2. The van der Waals surface area contributed by atoms with Crippen LogP contribution >= 0.6 is 0 Å². The Morgan fingerprint density at radius 3 is 2.56 bits per heavy atom. The highest BCUT2D eigenvalue weighted by Crippen LogP contribution is 2.18. The van der Waals surface area contributed by atoms with Gasteiger partial charge in [0.05, 0.1) is 6.04 Å². The van der Waals surface area contributed by atoms with Crippen LogP contribution in [0.3, 0.4) is 0 Å². The van der Waals surface area contributed by atoms with Crippen molar-refractivity contribution in [3.63, 3.8) is 0 Å². The topological polar surface area (TPSA) is 120 Å². The van der Waals surface area contributed by atoms with E-state index in [1.54, 1.807) is 12.1 Å². The van der Waals surface area contributed by atoms with E-state index >= 15 is 0 Å². The summed E-state index contributed by atoms with van der Waals surface area (Å²) in [7, 11) is 0. The Balaban J connectivity index is 1.56. The van der Waals surface area contributed by atoms with E-state index in [4.69, 9.17) is 11.0 Å². The van der Waals surface area contributed by atoms with Crippen LogP contribution in [0.15, 0.2) is 36.4 Å². The molecule has 1 aliphatic rings. The number of carbonyl (C=O) groups is 1. The monoisotopic (exact) mass is 365 g/mol. The van der Waals surface area contributed by atoms with Crippen molar-refractivity contribution in [3.8, 4) is 6.07 Å². The zero-order chi connectivity index (χ0) is 19.4. The van der Waals surface area contributed by atoms with Gasteiger partial charge in [0.25, 0.3) is 0 Å². The number of urea groups is 1. The first-order valence-electron chi connectivity index (χ1n) is 8.88. The number of hydrogen-bond acceptors (Lipinski definition) is 6. The molecule has 0 aliphatic carbocycles. The summed E-state index contributed by atoms with van der Waals surface area (Å²) in [6.45, 7) is 5.33. The highest BCUT2D eigenvalue weighted by atomic mass is 16.2. The Hall–Kier alpha value is -3.18. The van der Waals surface area contributed by atoms with Gasteiger partial charge in [-0.3, -0.25) is 0 Å². The number of nitrogens with one attached hydrogen (secondary N) is 2. The standard InChI is InChI=1S/C19H23N7O/c1-12(2)13-3-5-14(6-4-13)22-19(27)23-17-11-26(10-16(17)21)18-8-7-15(9-20)24-25-18/h3-8,12,16-17H,10-11,21H2,1-2H3,(H2,22,23,27)/t16-,17-/m1/s1. The van der Waals surface area contributed by atoms with Crippen molar-refractivity contribution in [1.82, 2.24) is 15.5 Å². The third-order valence-electron chi connectivity index (χ3n) is 4.61. The molecule has 1 fully saturated rings. The van der Waals surface area contributed by atoms with Crippen LogP contribution in [0.1, 0.15) is 31.0 Å². The van der Waals surface area contributed by atoms with Gasteiger partial charge in [-0.05, 0) is 35.7 Å². The lowest BCUT2D eigenvalue weighted by Crippen LogP contribution is -2.48. The van der Waals surface area contributed by atoms with Crippen molar-refractivity contribution in [3.05, 3.63) is 47.7 Å². The molecule has 1 saturated heterocycles. The van der Waals surface area contributed by atoms with Crippen LogP contribution in [-0.4, -0.2) is 41.4 Å². The van der Waals surface area contributed by atoms with Gasteiger partial charge in [-0.2, -0.15) is 5.26 Å². The predicted molar refractivity (Wildman–Crippen MR) is 103 cm³/mol. The fourth-order valence-corrected chi connectivity index (χ4v) is 3.01. The molecule has 140 valence electrons. The minimum absolute atomic E-state index is 0.211. The SMILES string of the molecule is CC(C)c1ccc(NC(=O)N[C@@H]2CN(c3ccc(C#N)nn3)C[C@H]2N)cc1. The summed E-state index contributed by atoms with van der Waals surface area (Å²) in [5, 5.41) is 22.4. The minimum atomic E-state index is -0.291. The number of benzene rings is 1. The Kier molecular flexibility index (Phi) is 5.52. The van der Waals surface area contributed by atoms with Gasteiger partial charge in [0.2, 0.25) is 0 Å². The molecule has 4 N–H and O–H groups in total. The van der Waals surface area contributed by atoms with E-state index in [1.807, 2.05) is 35.2 Å². The number of anilines is 2. The molecule has 2 aromatic rings. The molecule has 0 saturated carbocycles. The van der Waals surface area contributed by atoms with Gasteiger partial charge in [-0.1, -0.05) is 26.0 Å². The minimum Gasteiger partial charge on any atom is -0.351 e. The van der Waals surface area contributed by atoms with Gasteiger partial charge in [-0.25, -0.2) is 4.79 Å². The highest BCUT2D eigenvalue weighted by molar-refractivity contribution is 5.89. The first-order chi connectivity index (χ1) is 13.0. The van der Waals surface area contributed by atoms with Crippen molar-refractivity contribution >= 4 is 17.5 Å². The average Bonchev–Trinajstić information content (AvgIpc) is 3.02. The van der Waals surface area contributed by atoms with Crippen LogP contribution in [-0.2, 0) is 0 Å². The van der Waals surface area contributed by atoms with Crippen LogP contribution < -0.4 is 21.3 Å². The van der Waals surface area contributed by atoms with E-state index in [0.29, 0.717) is 24.8 Å². The molecular formula is C19H23N7O. The van der Waals surface area contributed by atoms with Crippen LogP contribution in [0.5, 0.6) is 0 Å². The Labute approximate surface area is 158 Å². The van der Waals surface area contributed by atoms with Crippen LogP contribution in [0, 0.1) is 11.3 Å². The van der Waals surface area contributed by atoms with Gasteiger partial charge < -0.3 is 21.3 Å². The second kappa shape index (κ2) is 8.01. The molecule has 2 amide bonds. The zero-order valence-corrected chi connectivity index (χ0v) is 15.4. The molecule has 27 heavy (non-hydrogen) atoms. The van der Waals surface area contributed by atoms with E-state index in [2.05, 4.69) is 34.7 Å². The fourth-order valence-electron chi connectivity index (χ4n) is 3.01. The van der Waals surface area contributed by atoms with E-state index in [-0.39, 0.29) is 23.8 Å². The maximum atomic E-state index is 12.3. The fraction of sp³-hybridized carbons (Fsp3) is 0.368. The van der Waals surface area contributed by atoms with E-state index in [1.165, 1.54) is 5.56 Å². The summed E-state index contributed by atoms with van der Waals surface area (Å²) >= 11 is 0. The number of aromatic nitrogens is 2. The summed E-state index contributed by atoms with van der Waals surface area (Å²) < 4.78 is 0. The third-order valence-corrected chi connectivity index (χ3v) is 4.61. The zero-order valence-electron chi connectivity index (χ0n) is 15.4. The number of amides is 2. The Morgan fingerprint density at radius 2 is 1.96 bits per heavy atom. The van der Waals surface area contributed by atoms with Crippen molar-refractivity contribution < 1.29 is 4.79 Å². The lowest BCUT2D eigenvalue weighted by atomic mass is 10.0. The maximum Gasteiger partial charge on any atom is 0.319 e. The molecular weight excluding hydrogens is 342 g/mol. The van der Waals surface area contributed by atoms with Crippen molar-refractivity contribution in [2.24, 2.45) is 5.73 Å². The molecule has 1 aromatic heterocycles. The molecule has 0 unspecified atom stereocenters. The predicted octanol–water partition coefficient (Wildman–Crippen LogP) is 1.81. The number of nitrogens with zero attached hydrogens (tertiary/aromatic N) is 4. The molecule has 0 bridgehead atoms. The average molecular weight is 365 g/mol. The molecule has 8 nitrogen and oxygen atoms in total. The summed E-state index contributed by atoms with van der Waals surface area (Å²) in [6, 6.07) is 12.4. The number of carbonyl (C=O) groups excluding carboxylic acids is 1. The second-order valence-corrected chi connectivity index (χ2v) is 6.94. The molecule has 8 heteroatoms. The summed E-state index contributed by atoms with van der Waals surface area (Å²) in [6.07, 6.45) is 0. The smallest absolute Gasteiger partial charge is 0.319 e. The van der Waals surface area contributed by atoms with Gasteiger partial charge in [0, 0.05) is 24.8 Å². The first kappa shape index (κ1) is 18.6. The maximum absolute atomic E-state index is 12.3. The van der Waals surface area contributed by atoms with Gasteiger partial charge in [0.15, 0.2) is 11.5 Å². The summed E-state index contributed by atoms with van der Waals surface area (Å²) in [5.41, 5.74) is 8.39. The number of hydrogen-bond donors (Lipinski definition) is 3. The Morgan fingerprint density at radius 1 is 1.22 bits per heavy atom. The van der Waals surface area contributed by atoms with Crippen molar-refractivity contribution in [1.29, 1.82) is 5.26 Å². The Bertz CT molecular complexity index is 827. The number of nitrogens with two attached hydrogens (primary N) is 1. The van der Waals surface area contributed by atoms with Gasteiger partial charge in [-0.15, -0.1) is 10.2 Å². The van der Waals surface area contributed by atoms with Crippen molar-refractivity contribution in [2.75, 3.05) is 23.3 Å². The molecule has 2 heterocycles. The normalized spacial score (nSPS) is 19.0. The molecule has 1 aromatic carbocycles.